The average molecular weight is 284 g/mol. The van der Waals surface area contributed by atoms with Crippen LogP contribution >= 0.6 is 0 Å². The molecule has 3 N–H and O–H groups in total. The molecule has 0 unspecified atom stereocenters. The molecule has 2 aromatic rings. The number of para-hydroxylation sites is 1. The molecule has 2 aromatic carbocycles. The minimum Gasteiger partial charge on any atom is -0.478 e. The van der Waals surface area contributed by atoms with Gasteiger partial charge in [-0.1, -0.05) is 18.2 Å². The molecule has 0 aliphatic carbocycles. The Morgan fingerprint density at radius 1 is 0.905 bits per heavy atom. The molecule has 0 spiro atoms. The summed E-state index contributed by atoms with van der Waals surface area (Å²) in [7, 11) is 0. The smallest absolute Gasteiger partial charge is 0.335 e. The van der Waals surface area contributed by atoms with E-state index in [0.29, 0.717) is 11.3 Å². The second-order valence-corrected chi connectivity index (χ2v) is 4.73. The highest BCUT2D eigenvalue weighted by Gasteiger charge is 2.09. The Bertz CT molecular complexity index is 696. The van der Waals surface area contributed by atoms with Crippen molar-refractivity contribution in [3.05, 3.63) is 59.2 Å². The summed E-state index contributed by atoms with van der Waals surface area (Å²) in [5.41, 5.74) is 3.15. The van der Waals surface area contributed by atoms with Gasteiger partial charge in [-0.25, -0.2) is 9.59 Å². The number of anilines is 2. The van der Waals surface area contributed by atoms with Gasteiger partial charge in [-0.2, -0.15) is 0 Å². The Kier molecular flexibility index (Phi) is 4.23. The van der Waals surface area contributed by atoms with Crippen molar-refractivity contribution < 1.29 is 14.7 Å². The number of carboxylic acid groups (broad SMARTS) is 1. The first-order valence-corrected chi connectivity index (χ1v) is 6.45. The summed E-state index contributed by atoms with van der Waals surface area (Å²) >= 11 is 0. The summed E-state index contributed by atoms with van der Waals surface area (Å²) in [6.07, 6.45) is 0. The van der Waals surface area contributed by atoms with Crippen LogP contribution in [0.25, 0.3) is 0 Å². The Morgan fingerprint density at radius 3 is 2.10 bits per heavy atom. The molecule has 0 bridgehead atoms. The number of aromatic carboxylic acids is 1. The van der Waals surface area contributed by atoms with E-state index in [-0.39, 0.29) is 11.6 Å². The summed E-state index contributed by atoms with van der Waals surface area (Å²) in [5, 5.41) is 14.4. The molecule has 5 nitrogen and oxygen atoms in total. The Morgan fingerprint density at radius 2 is 1.52 bits per heavy atom. The van der Waals surface area contributed by atoms with Crippen molar-refractivity contribution in [3.8, 4) is 0 Å². The number of hydrogen-bond donors (Lipinski definition) is 3. The number of aryl methyl sites for hydroxylation is 2. The third-order valence-electron chi connectivity index (χ3n) is 3.11. The van der Waals surface area contributed by atoms with Crippen molar-refractivity contribution in [3.63, 3.8) is 0 Å². The van der Waals surface area contributed by atoms with Crippen molar-refractivity contribution in [2.45, 2.75) is 13.8 Å². The molecule has 0 radical (unpaired) electrons. The van der Waals surface area contributed by atoms with Gasteiger partial charge in [0.15, 0.2) is 0 Å². The first-order valence-electron chi connectivity index (χ1n) is 6.45. The van der Waals surface area contributed by atoms with Crippen molar-refractivity contribution in [1.82, 2.24) is 0 Å². The number of amides is 2. The number of hydrogen-bond acceptors (Lipinski definition) is 2. The van der Waals surface area contributed by atoms with Gasteiger partial charge in [0, 0.05) is 11.4 Å². The third kappa shape index (κ3) is 3.60. The van der Waals surface area contributed by atoms with E-state index in [2.05, 4.69) is 10.6 Å². The Labute approximate surface area is 122 Å². The van der Waals surface area contributed by atoms with E-state index in [0.717, 1.165) is 11.3 Å². The topological polar surface area (TPSA) is 78.4 Å². The lowest BCUT2D eigenvalue weighted by atomic mass is 10.1. The van der Waals surface area contributed by atoms with Crippen molar-refractivity contribution in [2.75, 3.05) is 10.6 Å². The van der Waals surface area contributed by atoms with Gasteiger partial charge in [-0.15, -0.1) is 0 Å². The number of carboxylic acids is 1. The van der Waals surface area contributed by atoms with Crippen molar-refractivity contribution in [2.24, 2.45) is 0 Å². The fraction of sp³-hybridized carbons (Fsp3) is 0.125. The lowest BCUT2D eigenvalue weighted by molar-refractivity contribution is 0.0697. The standard InChI is InChI=1S/C16H16N2O3/c1-10-5-3-4-6-13(10)17-16(21)18-14-8-7-12(15(19)20)9-11(14)2/h3-9H,1-2H3,(H,19,20)(H2,17,18,21). The van der Waals surface area contributed by atoms with E-state index in [9.17, 15) is 9.59 Å². The van der Waals surface area contributed by atoms with Gasteiger partial charge in [0.2, 0.25) is 0 Å². The van der Waals surface area contributed by atoms with Gasteiger partial charge in [-0.05, 0) is 49.2 Å². The highest BCUT2D eigenvalue weighted by atomic mass is 16.4. The van der Waals surface area contributed by atoms with Crippen LogP contribution in [0, 0.1) is 13.8 Å². The monoisotopic (exact) mass is 284 g/mol. The first kappa shape index (κ1) is 14.6. The molecule has 0 aliphatic rings. The van der Waals surface area contributed by atoms with E-state index in [1.165, 1.54) is 12.1 Å². The SMILES string of the molecule is Cc1ccccc1NC(=O)Nc1ccc(C(=O)O)cc1C. The fourth-order valence-electron chi connectivity index (χ4n) is 1.93. The lowest BCUT2D eigenvalue weighted by Gasteiger charge is -2.11. The van der Waals surface area contributed by atoms with E-state index >= 15 is 0 Å². The molecule has 0 atom stereocenters. The highest BCUT2D eigenvalue weighted by Crippen LogP contribution is 2.18. The molecule has 0 aliphatic heterocycles. The first-order chi connectivity index (χ1) is 9.97. The number of carbonyl (C=O) groups excluding carboxylic acids is 1. The molecule has 0 saturated carbocycles. The van der Waals surface area contributed by atoms with Crippen LogP contribution < -0.4 is 10.6 Å². The predicted molar refractivity (Wildman–Crippen MR) is 82.0 cm³/mol. The van der Waals surface area contributed by atoms with Crippen molar-refractivity contribution >= 4 is 23.4 Å². The van der Waals surface area contributed by atoms with Crippen molar-refractivity contribution in [1.29, 1.82) is 0 Å². The number of urea groups is 1. The molecule has 21 heavy (non-hydrogen) atoms. The fourth-order valence-corrected chi connectivity index (χ4v) is 1.93. The van der Waals surface area contributed by atoms with E-state index in [4.69, 9.17) is 5.11 Å². The molecular weight excluding hydrogens is 268 g/mol. The largest absolute Gasteiger partial charge is 0.478 e. The van der Waals surface area contributed by atoms with Crippen LogP contribution in [0.15, 0.2) is 42.5 Å². The van der Waals surface area contributed by atoms with Gasteiger partial charge in [0.25, 0.3) is 0 Å². The van der Waals surface area contributed by atoms with Crippen LogP contribution in [0.2, 0.25) is 0 Å². The molecule has 0 heterocycles. The summed E-state index contributed by atoms with van der Waals surface area (Å²) in [5.74, 6) is -0.992. The summed E-state index contributed by atoms with van der Waals surface area (Å²) < 4.78 is 0. The van der Waals surface area contributed by atoms with E-state index in [1.54, 1.807) is 13.0 Å². The molecule has 108 valence electrons. The second kappa shape index (κ2) is 6.09. The average Bonchev–Trinajstić information content (AvgIpc) is 2.43. The maximum atomic E-state index is 12.0. The number of benzene rings is 2. The van der Waals surface area contributed by atoms with Gasteiger partial charge in [-0.3, -0.25) is 0 Å². The molecule has 2 amide bonds. The maximum absolute atomic E-state index is 12.0. The normalized spacial score (nSPS) is 10.0. The van der Waals surface area contributed by atoms with Gasteiger partial charge in [0.05, 0.1) is 5.56 Å². The lowest BCUT2D eigenvalue weighted by Crippen LogP contribution is -2.20. The zero-order valence-electron chi connectivity index (χ0n) is 11.8. The highest BCUT2D eigenvalue weighted by molar-refractivity contribution is 6.01. The van der Waals surface area contributed by atoms with Crippen LogP contribution in [-0.2, 0) is 0 Å². The quantitative estimate of drug-likeness (QED) is 0.805. The molecule has 0 aromatic heterocycles. The van der Waals surface area contributed by atoms with E-state index in [1.807, 2.05) is 31.2 Å². The third-order valence-corrected chi connectivity index (χ3v) is 3.11. The second-order valence-electron chi connectivity index (χ2n) is 4.73. The number of carbonyl (C=O) groups is 2. The van der Waals surface area contributed by atoms with Gasteiger partial charge >= 0.3 is 12.0 Å². The van der Waals surface area contributed by atoms with Crippen LogP contribution in [0.5, 0.6) is 0 Å². The van der Waals surface area contributed by atoms with Crippen LogP contribution in [0.1, 0.15) is 21.5 Å². The van der Waals surface area contributed by atoms with Gasteiger partial charge in [0.1, 0.15) is 0 Å². The summed E-state index contributed by atoms with van der Waals surface area (Å²) in [6, 6.07) is 11.6. The van der Waals surface area contributed by atoms with Gasteiger partial charge < -0.3 is 15.7 Å². The van der Waals surface area contributed by atoms with Crippen LogP contribution in [-0.4, -0.2) is 17.1 Å². The minimum atomic E-state index is -0.992. The Hall–Kier alpha value is -2.82. The zero-order chi connectivity index (χ0) is 15.4. The van der Waals surface area contributed by atoms with E-state index < -0.39 is 5.97 Å². The number of rotatable bonds is 3. The summed E-state index contributed by atoms with van der Waals surface area (Å²) in [6.45, 7) is 3.65. The molecular formula is C16H16N2O3. The maximum Gasteiger partial charge on any atom is 0.335 e. The summed E-state index contributed by atoms with van der Waals surface area (Å²) in [4.78, 5) is 22.8. The van der Waals surface area contributed by atoms with Crippen LogP contribution in [0.3, 0.4) is 0 Å². The zero-order valence-corrected chi connectivity index (χ0v) is 11.8. The number of nitrogens with one attached hydrogen (secondary N) is 2. The van der Waals surface area contributed by atoms with Crippen LogP contribution in [0.4, 0.5) is 16.2 Å². The molecule has 0 saturated heterocycles. The Balaban J connectivity index is 2.10. The molecule has 5 heteroatoms. The molecule has 2 rings (SSSR count). The predicted octanol–water partition coefficient (Wildman–Crippen LogP) is 3.65. The minimum absolute atomic E-state index is 0.192. The molecule has 0 fully saturated rings.